The summed E-state index contributed by atoms with van der Waals surface area (Å²) in [6.45, 7) is 1.65. The van der Waals surface area contributed by atoms with Crippen LogP contribution < -0.4 is 22.1 Å². The molecule has 25 heavy (non-hydrogen) atoms. The van der Waals surface area contributed by atoms with Crippen LogP contribution in [0.25, 0.3) is 0 Å². The fraction of sp³-hybridized carbons (Fsp3) is 0.235. The standard InChI is InChI=1S/C11H17N5O3.C6H6/c12-4-6-14-5-3-11(17)15-8-1-2-9(13)10(7-8)16(18)19;1-2-4-6-5-3-1/h1-2,7,14H,3-6,12-13H2,(H,15,17);1-6H. The van der Waals surface area contributed by atoms with E-state index in [1.54, 1.807) is 0 Å². The number of amides is 1. The van der Waals surface area contributed by atoms with Gasteiger partial charge in [0.15, 0.2) is 0 Å². The van der Waals surface area contributed by atoms with E-state index in [9.17, 15) is 14.9 Å². The smallest absolute Gasteiger partial charge is 0.294 e. The summed E-state index contributed by atoms with van der Waals surface area (Å²) >= 11 is 0. The number of hydrogen-bond acceptors (Lipinski definition) is 6. The van der Waals surface area contributed by atoms with Gasteiger partial charge in [-0.1, -0.05) is 36.4 Å². The highest BCUT2D eigenvalue weighted by molar-refractivity contribution is 5.91. The Balaban J connectivity index is 0.000000435. The maximum absolute atomic E-state index is 11.6. The Morgan fingerprint density at radius 3 is 2.20 bits per heavy atom. The highest BCUT2D eigenvalue weighted by atomic mass is 16.6. The monoisotopic (exact) mass is 345 g/mol. The average molecular weight is 345 g/mol. The van der Waals surface area contributed by atoms with E-state index in [1.165, 1.54) is 18.2 Å². The van der Waals surface area contributed by atoms with Gasteiger partial charge in [-0.3, -0.25) is 14.9 Å². The maximum atomic E-state index is 11.6. The Labute approximate surface area is 146 Å². The Bertz CT molecular complexity index is 638. The van der Waals surface area contributed by atoms with E-state index in [-0.39, 0.29) is 23.7 Å². The van der Waals surface area contributed by atoms with Crippen molar-refractivity contribution in [1.29, 1.82) is 0 Å². The van der Waals surface area contributed by atoms with Gasteiger partial charge in [-0.15, -0.1) is 0 Å². The fourth-order valence-electron chi connectivity index (χ4n) is 1.82. The van der Waals surface area contributed by atoms with Crippen molar-refractivity contribution in [2.24, 2.45) is 5.73 Å². The molecule has 2 aromatic rings. The van der Waals surface area contributed by atoms with Crippen LogP contribution in [0.1, 0.15) is 6.42 Å². The van der Waals surface area contributed by atoms with E-state index in [0.29, 0.717) is 25.3 Å². The van der Waals surface area contributed by atoms with Gasteiger partial charge in [0.25, 0.3) is 5.69 Å². The molecule has 0 spiro atoms. The van der Waals surface area contributed by atoms with E-state index in [4.69, 9.17) is 11.5 Å². The molecule has 0 saturated heterocycles. The van der Waals surface area contributed by atoms with Crippen LogP contribution in [0.3, 0.4) is 0 Å². The summed E-state index contributed by atoms with van der Waals surface area (Å²) in [5.41, 5.74) is 10.9. The number of carbonyl (C=O) groups is 1. The quantitative estimate of drug-likeness (QED) is 0.261. The van der Waals surface area contributed by atoms with Gasteiger partial charge in [0.2, 0.25) is 5.91 Å². The van der Waals surface area contributed by atoms with Gasteiger partial charge >= 0.3 is 0 Å². The number of hydrogen-bond donors (Lipinski definition) is 4. The van der Waals surface area contributed by atoms with E-state index in [0.717, 1.165) is 0 Å². The first-order valence-electron chi connectivity index (χ1n) is 7.79. The number of nitro groups is 1. The molecular formula is C17H23N5O3. The molecular weight excluding hydrogens is 322 g/mol. The summed E-state index contributed by atoms with van der Waals surface area (Å²) in [6.07, 6.45) is 0.262. The summed E-state index contributed by atoms with van der Waals surface area (Å²) in [6, 6.07) is 16.1. The number of rotatable bonds is 7. The van der Waals surface area contributed by atoms with E-state index in [2.05, 4.69) is 10.6 Å². The largest absolute Gasteiger partial charge is 0.393 e. The molecule has 0 aromatic heterocycles. The van der Waals surface area contributed by atoms with Gasteiger partial charge in [0, 0.05) is 37.8 Å². The van der Waals surface area contributed by atoms with Gasteiger partial charge in [-0.2, -0.15) is 0 Å². The molecule has 8 nitrogen and oxygen atoms in total. The normalized spacial score (nSPS) is 9.64. The first-order chi connectivity index (χ1) is 12.0. The molecule has 0 bridgehead atoms. The second-order valence-electron chi connectivity index (χ2n) is 5.02. The molecule has 0 unspecified atom stereocenters. The number of nitrogens with one attached hydrogen (secondary N) is 2. The molecule has 0 fully saturated rings. The Morgan fingerprint density at radius 1 is 1.08 bits per heavy atom. The number of nitro benzene ring substituents is 1. The lowest BCUT2D eigenvalue weighted by atomic mass is 10.2. The highest BCUT2D eigenvalue weighted by Gasteiger charge is 2.12. The third-order valence-electron chi connectivity index (χ3n) is 3.03. The van der Waals surface area contributed by atoms with Crippen molar-refractivity contribution in [2.75, 3.05) is 30.7 Å². The Morgan fingerprint density at radius 2 is 1.68 bits per heavy atom. The number of nitrogen functional groups attached to an aromatic ring is 1. The van der Waals surface area contributed by atoms with E-state index < -0.39 is 4.92 Å². The lowest BCUT2D eigenvalue weighted by Gasteiger charge is -2.06. The average Bonchev–Trinajstić information content (AvgIpc) is 2.62. The number of nitrogens with two attached hydrogens (primary N) is 2. The van der Waals surface area contributed by atoms with Crippen molar-refractivity contribution in [3.8, 4) is 0 Å². The summed E-state index contributed by atoms with van der Waals surface area (Å²) < 4.78 is 0. The highest BCUT2D eigenvalue weighted by Crippen LogP contribution is 2.24. The molecule has 0 aliphatic carbocycles. The number of anilines is 2. The molecule has 0 aliphatic rings. The van der Waals surface area contributed by atoms with E-state index in [1.807, 2.05) is 36.4 Å². The van der Waals surface area contributed by atoms with Crippen molar-refractivity contribution >= 4 is 23.0 Å². The predicted octanol–water partition coefficient (Wildman–Crippen LogP) is 1.74. The van der Waals surface area contributed by atoms with Crippen molar-refractivity contribution < 1.29 is 9.72 Å². The summed E-state index contributed by atoms with van der Waals surface area (Å²) in [5.74, 6) is -0.233. The van der Waals surface area contributed by atoms with Crippen LogP contribution >= 0.6 is 0 Å². The number of carbonyl (C=O) groups excluding carboxylic acids is 1. The first kappa shape index (κ1) is 20.1. The summed E-state index contributed by atoms with van der Waals surface area (Å²) in [4.78, 5) is 21.7. The zero-order chi connectivity index (χ0) is 18.5. The molecule has 0 atom stereocenters. The van der Waals surface area contributed by atoms with Crippen molar-refractivity contribution in [2.45, 2.75) is 6.42 Å². The number of benzene rings is 2. The molecule has 0 saturated carbocycles. The summed E-state index contributed by atoms with van der Waals surface area (Å²) in [7, 11) is 0. The molecule has 1 amide bonds. The van der Waals surface area contributed by atoms with E-state index >= 15 is 0 Å². The predicted molar refractivity (Wildman–Crippen MR) is 99.1 cm³/mol. The summed E-state index contributed by atoms with van der Waals surface area (Å²) in [5, 5.41) is 16.2. The Hall–Kier alpha value is -2.97. The number of nitrogens with zero attached hydrogens (tertiary/aromatic N) is 1. The lowest BCUT2D eigenvalue weighted by molar-refractivity contribution is -0.383. The first-order valence-corrected chi connectivity index (χ1v) is 7.79. The third kappa shape index (κ3) is 8.45. The molecule has 8 heteroatoms. The minimum atomic E-state index is -0.589. The van der Waals surface area contributed by atoms with Crippen LogP contribution in [0.15, 0.2) is 54.6 Å². The van der Waals surface area contributed by atoms with Gasteiger partial charge in [-0.05, 0) is 12.1 Å². The zero-order valence-corrected chi connectivity index (χ0v) is 13.9. The van der Waals surface area contributed by atoms with Crippen LogP contribution in [-0.4, -0.2) is 30.5 Å². The van der Waals surface area contributed by atoms with Crippen LogP contribution in [0.2, 0.25) is 0 Å². The minimum absolute atomic E-state index is 0.0626. The molecule has 0 heterocycles. The van der Waals surface area contributed by atoms with Crippen molar-refractivity contribution in [3.05, 3.63) is 64.7 Å². The van der Waals surface area contributed by atoms with Gasteiger partial charge < -0.3 is 22.1 Å². The molecule has 6 N–H and O–H groups in total. The van der Waals surface area contributed by atoms with Crippen LogP contribution in [0.5, 0.6) is 0 Å². The van der Waals surface area contributed by atoms with Crippen LogP contribution in [0, 0.1) is 10.1 Å². The molecule has 2 aromatic carbocycles. The van der Waals surface area contributed by atoms with Crippen LogP contribution in [-0.2, 0) is 4.79 Å². The van der Waals surface area contributed by atoms with Crippen LogP contribution in [0.4, 0.5) is 17.1 Å². The third-order valence-corrected chi connectivity index (χ3v) is 3.03. The molecule has 134 valence electrons. The molecule has 0 aliphatic heterocycles. The molecule has 2 rings (SSSR count). The van der Waals surface area contributed by atoms with Gasteiger partial charge in [-0.25, -0.2) is 0 Å². The topological polar surface area (TPSA) is 136 Å². The maximum Gasteiger partial charge on any atom is 0.294 e. The SMILES string of the molecule is NCCNCCC(=O)Nc1ccc(N)c([N+](=O)[O-])c1.c1ccccc1. The molecule has 0 radical (unpaired) electrons. The second kappa shape index (κ2) is 11.5. The Kier molecular flexibility index (Phi) is 9.27. The lowest BCUT2D eigenvalue weighted by Crippen LogP contribution is -2.26. The van der Waals surface area contributed by atoms with Crippen molar-refractivity contribution in [1.82, 2.24) is 5.32 Å². The second-order valence-corrected chi connectivity index (χ2v) is 5.02. The minimum Gasteiger partial charge on any atom is -0.393 e. The fourth-order valence-corrected chi connectivity index (χ4v) is 1.82. The van der Waals surface area contributed by atoms with Gasteiger partial charge in [0.05, 0.1) is 4.92 Å². The van der Waals surface area contributed by atoms with Gasteiger partial charge in [0.1, 0.15) is 5.69 Å². The van der Waals surface area contributed by atoms with Crippen molar-refractivity contribution in [3.63, 3.8) is 0 Å². The zero-order valence-electron chi connectivity index (χ0n) is 13.9.